The van der Waals surface area contributed by atoms with Gasteiger partial charge in [0.05, 0.1) is 26.0 Å². The Morgan fingerprint density at radius 1 is 1.15 bits per heavy atom. The number of hydrogen-bond donors (Lipinski definition) is 0. The van der Waals surface area contributed by atoms with Gasteiger partial charge < -0.3 is 9.47 Å². The molecule has 0 saturated heterocycles. The van der Waals surface area contributed by atoms with Gasteiger partial charge in [0, 0.05) is 0 Å². The second kappa shape index (κ2) is 5.60. The molecule has 0 fully saturated rings. The van der Waals surface area contributed by atoms with Crippen molar-refractivity contribution in [2.24, 2.45) is 0 Å². The lowest BCUT2D eigenvalue weighted by Gasteiger charge is -2.08. The van der Waals surface area contributed by atoms with Gasteiger partial charge in [-0.1, -0.05) is 6.07 Å². The number of benzene rings is 1. The van der Waals surface area contributed by atoms with Crippen molar-refractivity contribution in [3.63, 3.8) is 0 Å². The molecule has 0 aliphatic carbocycles. The van der Waals surface area contributed by atoms with E-state index in [9.17, 15) is 13.6 Å². The maximum atomic E-state index is 13.6. The van der Waals surface area contributed by atoms with Crippen molar-refractivity contribution < 1.29 is 23.0 Å². The fourth-order valence-electron chi connectivity index (χ4n) is 1.59. The Kier molecular flexibility index (Phi) is 3.88. The first kappa shape index (κ1) is 13.9. The fourth-order valence-corrected chi connectivity index (χ4v) is 1.59. The van der Waals surface area contributed by atoms with E-state index in [4.69, 9.17) is 9.47 Å². The molecule has 2 rings (SSSR count). The highest BCUT2D eigenvalue weighted by Crippen LogP contribution is 2.22. The highest BCUT2D eigenvalue weighted by Gasteiger charge is 2.24. The van der Waals surface area contributed by atoms with E-state index >= 15 is 0 Å². The summed E-state index contributed by atoms with van der Waals surface area (Å²) in [4.78, 5) is 19.8. The molecule has 104 valence electrons. The van der Waals surface area contributed by atoms with Crippen LogP contribution >= 0.6 is 0 Å². The molecule has 5 nitrogen and oxygen atoms in total. The van der Waals surface area contributed by atoms with Crippen molar-refractivity contribution in [3.05, 3.63) is 47.3 Å². The fraction of sp³-hybridized carbons (Fsp3) is 0.154. The van der Waals surface area contributed by atoms with Crippen LogP contribution in [0.25, 0.3) is 0 Å². The molecular formula is C13H10F2N2O3. The van der Waals surface area contributed by atoms with Crippen LogP contribution in [0.2, 0.25) is 0 Å². The molecule has 2 aromatic rings. The number of ether oxygens (including phenoxy) is 2. The Balaban J connectivity index is 2.54. The average molecular weight is 280 g/mol. The molecule has 0 N–H and O–H groups in total. The Morgan fingerprint density at radius 2 is 1.80 bits per heavy atom. The third-order valence-electron chi connectivity index (χ3n) is 2.53. The van der Waals surface area contributed by atoms with E-state index in [-0.39, 0.29) is 17.5 Å². The number of nitrogens with zero attached hydrogens (tertiary/aromatic N) is 2. The molecule has 1 heterocycles. The van der Waals surface area contributed by atoms with Gasteiger partial charge >= 0.3 is 0 Å². The number of ketones is 1. The summed E-state index contributed by atoms with van der Waals surface area (Å²) < 4.78 is 36.9. The molecular weight excluding hydrogens is 270 g/mol. The minimum Gasteiger partial charge on any atom is -0.480 e. The number of aromatic nitrogens is 2. The zero-order valence-corrected chi connectivity index (χ0v) is 10.7. The summed E-state index contributed by atoms with van der Waals surface area (Å²) in [5.41, 5.74) is -0.998. The third-order valence-corrected chi connectivity index (χ3v) is 2.53. The van der Waals surface area contributed by atoms with Crippen LogP contribution in [-0.2, 0) is 0 Å². The maximum Gasteiger partial charge on any atom is 0.247 e. The van der Waals surface area contributed by atoms with Gasteiger partial charge in [0.1, 0.15) is 11.6 Å². The Hall–Kier alpha value is -2.57. The Morgan fingerprint density at radius 3 is 2.35 bits per heavy atom. The summed E-state index contributed by atoms with van der Waals surface area (Å²) in [7, 11) is 2.62. The van der Waals surface area contributed by atoms with E-state index < -0.39 is 23.0 Å². The molecule has 20 heavy (non-hydrogen) atoms. The minimum absolute atomic E-state index is 0.118. The monoisotopic (exact) mass is 280 g/mol. The van der Waals surface area contributed by atoms with Crippen molar-refractivity contribution in [1.29, 1.82) is 0 Å². The zero-order chi connectivity index (χ0) is 14.7. The van der Waals surface area contributed by atoms with Gasteiger partial charge in [-0.05, 0) is 12.1 Å². The maximum absolute atomic E-state index is 13.6. The molecule has 7 heteroatoms. The van der Waals surface area contributed by atoms with E-state index in [0.717, 1.165) is 18.3 Å². The predicted octanol–water partition coefficient (Wildman–Crippen LogP) is 2.00. The van der Waals surface area contributed by atoms with Crippen LogP contribution in [0, 0.1) is 11.6 Å². The summed E-state index contributed by atoms with van der Waals surface area (Å²) in [6.07, 6.45) is 1.16. The molecule has 1 aromatic heterocycles. The highest BCUT2D eigenvalue weighted by atomic mass is 19.1. The average Bonchev–Trinajstić information content (AvgIpc) is 2.46. The summed E-state index contributed by atoms with van der Waals surface area (Å²) in [5.74, 6) is -2.96. The van der Waals surface area contributed by atoms with Crippen LogP contribution in [0.4, 0.5) is 8.78 Å². The Bertz CT molecular complexity index is 642. The molecule has 1 aromatic carbocycles. The van der Waals surface area contributed by atoms with E-state index in [1.54, 1.807) is 0 Å². The summed E-state index contributed by atoms with van der Waals surface area (Å²) in [6.45, 7) is 0. The van der Waals surface area contributed by atoms with E-state index in [2.05, 4.69) is 9.97 Å². The molecule has 0 aliphatic heterocycles. The molecule has 0 atom stereocenters. The summed E-state index contributed by atoms with van der Waals surface area (Å²) in [6, 6.07) is 3.14. The second-order valence-electron chi connectivity index (χ2n) is 3.70. The van der Waals surface area contributed by atoms with Crippen molar-refractivity contribution in [1.82, 2.24) is 9.97 Å². The number of carbonyl (C=O) groups excluding carboxylic acids is 1. The van der Waals surface area contributed by atoms with Gasteiger partial charge in [0.15, 0.2) is 5.69 Å². The van der Waals surface area contributed by atoms with E-state index in [1.807, 2.05) is 0 Å². The first-order chi connectivity index (χ1) is 9.58. The van der Waals surface area contributed by atoms with Crippen LogP contribution in [0.3, 0.4) is 0 Å². The summed E-state index contributed by atoms with van der Waals surface area (Å²) in [5, 5.41) is 0. The van der Waals surface area contributed by atoms with Crippen molar-refractivity contribution >= 4 is 5.78 Å². The topological polar surface area (TPSA) is 61.3 Å². The molecule has 0 unspecified atom stereocenters. The SMILES string of the molecule is COc1cnc(C(=O)c2c(F)cccc2F)c(OC)n1. The number of rotatable bonds is 4. The number of carbonyl (C=O) groups is 1. The van der Waals surface area contributed by atoms with Crippen molar-refractivity contribution in [2.45, 2.75) is 0 Å². The molecule has 0 spiro atoms. The first-order valence-corrected chi connectivity index (χ1v) is 5.52. The molecule has 0 bridgehead atoms. The number of halogens is 2. The first-order valence-electron chi connectivity index (χ1n) is 5.52. The summed E-state index contributed by atoms with van der Waals surface area (Å²) >= 11 is 0. The van der Waals surface area contributed by atoms with Crippen LogP contribution in [0.1, 0.15) is 16.1 Å². The number of hydrogen-bond acceptors (Lipinski definition) is 5. The second-order valence-corrected chi connectivity index (χ2v) is 3.70. The third kappa shape index (κ3) is 2.42. The standard InChI is InChI=1S/C13H10F2N2O3/c1-19-9-6-16-11(13(17-9)20-2)12(18)10-7(14)4-3-5-8(10)15/h3-6H,1-2H3. The van der Waals surface area contributed by atoms with Gasteiger partial charge in [-0.2, -0.15) is 4.98 Å². The van der Waals surface area contributed by atoms with E-state index in [0.29, 0.717) is 0 Å². The molecule has 0 saturated carbocycles. The van der Waals surface area contributed by atoms with Crippen LogP contribution in [0.15, 0.2) is 24.4 Å². The van der Waals surface area contributed by atoms with Gasteiger partial charge in [0.2, 0.25) is 17.5 Å². The quantitative estimate of drug-likeness (QED) is 0.802. The van der Waals surface area contributed by atoms with E-state index in [1.165, 1.54) is 20.3 Å². The van der Waals surface area contributed by atoms with Gasteiger partial charge in [-0.15, -0.1) is 0 Å². The highest BCUT2D eigenvalue weighted by molar-refractivity contribution is 6.09. The number of methoxy groups -OCH3 is 2. The lowest BCUT2D eigenvalue weighted by molar-refractivity contribution is 0.102. The lowest BCUT2D eigenvalue weighted by atomic mass is 10.1. The molecule has 0 radical (unpaired) electrons. The van der Waals surface area contributed by atoms with Crippen LogP contribution in [-0.4, -0.2) is 30.0 Å². The zero-order valence-electron chi connectivity index (χ0n) is 10.7. The minimum atomic E-state index is -0.977. The lowest BCUT2D eigenvalue weighted by Crippen LogP contribution is -2.12. The van der Waals surface area contributed by atoms with Crippen molar-refractivity contribution in [3.8, 4) is 11.8 Å². The smallest absolute Gasteiger partial charge is 0.247 e. The normalized spacial score (nSPS) is 10.2. The molecule has 0 aliphatic rings. The van der Waals surface area contributed by atoms with Gasteiger partial charge in [-0.3, -0.25) is 4.79 Å². The largest absolute Gasteiger partial charge is 0.480 e. The van der Waals surface area contributed by atoms with Crippen molar-refractivity contribution in [2.75, 3.05) is 14.2 Å². The van der Waals surface area contributed by atoms with Gasteiger partial charge in [0.25, 0.3) is 0 Å². The van der Waals surface area contributed by atoms with Crippen LogP contribution < -0.4 is 9.47 Å². The van der Waals surface area contributed by atoms with Gasteiger partial charge in [-0.25, -0.2) is 13.8 Å². The van der Waals surface area contributed by atoms with Crippen LogP contribution in [0.5, 0.6) is 11.8 Å². The predicted molar refractivity (Wildman–Crippen MR) is 64.9 cm³/mol. The molecule has 0 amide bonds. The Labute approximate surface area is 113 Å².